The van der Waals surface area contributed by atoms with Crippen LogP contribution in [0.2, 0.25) is 0 Å². The number of carbonyl (C=O) groups is 3. The van der Waals surface area contributed by atoms with Gasteiger partial charge in [-0.2, -0.15) is 0 Å². The van der Waals surface area contributed by atoms with Gasteiger partial charge in [-0.05, 0) is 22.8 Å². The molecule has 0 aromatic heterocycles. The molecule has 2 heterocycles. The third-order valence-corrected chi connectivity index (χ3v) is 5.88. The lowest BCUT2D eigenvalue weighted by atomic mass is 10.00. The molecule has 0 saturated carbocycles. The Kier molecular flexibility index (Phi) is 5.51. The normalized spacial score (nSPS) is 21.6. The lowest BCUT2D eigenvalue weighted by molar-refractivity contribution is -0.148. The molecule has 10 heteroatoms. The van der Waals surface area contributed by atoms with Crippen molar-refractivity contribution in [1.29, 1.82) is 0 Å². The van der Waals surface area contributed by atoms with E-state index in [0.717, 1.165) is 4.90 Å². The average Bonchev–Trinajstić information content (AvgIpc) is 2.69. The van der Waals surface area contributed by atoms with Gasteiger partial charge in [-0.15, -0.1) is 11.8 Å². The fraction of sp³-hybridized carbons (Fsp3) is 0.353. The fourth-order valence-corrected chi connectivity index (χ4v) is 4.49. The first-order chi connectivity index (χ1) is 12.9. The third-order valence-electron chi connectivity index (χ3n) is 4.54. The molecule has 144 valence electrons. The van der Waals surface area contributed by atoms with Gasteiger partial charge in [-0.25, -0.2) is 4.79 Å². The summed E-state index contributed by atoms with van der Waals surface area (Å²) < 4.78 is 0. The Balaban J connectivity index is 1.79. The van der Waals surface area contributed by atoms with Crippen LogP contribution < -0.4 is 11.1 Å². The summed E-state index contributed by atoms with van der Waals surface area (Å²) in [5.74, 6) is -2.05. The molecule has 3 rings (SSSR count). The number of aliphatic carboxylic acids is 1. The molecule has 27 heavy (non-hydrogen) atoms. The summed E-state index contributed by atoms with van der Waals surface area (Å²) >= 11 is 1.28. The molecule has 1 saturated heterocycles. The van der Waals surface area contributed by atoms with E-state index in [1.165, 1.54) is 17.8 Å². The molecule has 0 aliphatic carbocycles. The van der Waals surface area contributed by atoms with Crippen LogP contribution in [0.15, 0.2) is 29.5 Å². The smallest absolute Gasteiger partial charge is 0.352 e. The molecule has 0 unspecified atom stereocenters. The number of carbonyl (C=O) groups excluding carboxylic acids is 2. The van der Waals surface area contributed by atoms with E-state index >= 15 is 0 Å². The van der Waals surface area contributed by atoms with E-state index in [9.17, 15) is 29.7 Å². The number of β-lactam (4-membered cyclic amide) rings is 1. The quantitative estimate of drug-likeness (QED) is 0.385. The van der Waals surface area contributed by atoms with Crippen LogP contribution in [0.5, 0.6) is 0 Å². The first-order valence-corrected chi connectivity index (χ1v) is 9.22. The van der Waals surface area contributed by atoms with Crippen LogP contribution in [0.3, 0.4) is 0 Å². The molecule has 6 N–H and O–H groups in total. The molecule has 0 radical (unpaired) electrons. The molecule has 1 fully saturated rings. The number of nitrogens with two attached hydrogens (primary N) is 1. The summed E-state index contributed by atoms with van der Waals surface area (Å²) in [5.41, 5.74) is 7.18. The number of carboxylic acids is 1. The van der Waals surface area contributed by atoms with E-state index in [1.54, 1.807) is 12.1 Å². The summed E-state index contributed by atoms with van der Waals surface area (Å²) in [6, 6.07) is 3.89. The number of rotatable bonds is 6. The zero-order valence-corrected chi connectivity index (χ0v) is 15.0. The minimum Gasteiger partial charge on any atom is -0.477 e. The highest BCUT2D eigenvalue weighted by Crippen LogP contribution is 2.40. The monoisotopic (exact) mass is 393 g/mol. The van der Waals surface area contributed by atoms with Gasteiger partial charge in [0.25, 0.3) is 11.8 Å². The number of aliphatic hydroxyl groups excluding tert-OH is 2. The van der Waals surface area contributed by atoms with Gasteiger partial charge in [-0.3, -0.25) is 14.5 Å². The molecular weight excluding hydrogens is 374 g/mol. The third kappa shape index (κ3) is 3.32. The number of aliphatic hydroxyl groups is 2. The van der Waals surface area contributed by atoms with Gasteiger partial charge < -0.3 is 26.4 Å². The highest BCUT2D eigenvalue weighted by molar-refractivity contribution is 8.00. The molecule has 0 bridgehead atoms. The predicted octanol–water partition coefficient (Wildman–Crippen LogP) is -1.02. The molecule has 1 aromatic rings. The van der Waals surface area contributed by atoms with Crippen molar-refractivity contribution < 1.29 is 29.7 Å². The second-order valence-corrected chi connectivity index (χ2v) is 7.24. The maximum atomic E-state index is 12.6. The molecule has 2 aliphatic rings. The highest BCUT2D eigenvalue weighted by Gasteiger charge is 2.54. The summed E-state index contributed by atoms with van der Waals surface area (Å²) in [7, 11) is 0. The number of benzene rings is 1. The SMILES string of the molecule is NCc1cc(CO)ccc1C(=O)N[C@H]1C(=O)N2C(C(=O)O)=C(CO)CS[C@@H]12. The number of amides is 2. The van der Waals surface area contributed by atoms with Gasteiger partial charge in [0.2, 0.25) is 0 Å². The van der Waals surface area contributed by atoms with E-state index in [4.69, 9.17) is 5.73 Å². The summed E-state index contributed by atoms with van der Waals surface area (Å²) in [6.45, 7) is -0.536. The zero-order valence-electron chi connectivity index (χ0n) is 14.2. The maximum absolute atomic E-state index is 12.6. The van der Waals surface area contributed by atoms with Crippen molar-refractivity contribution in [2.24, 2.45) is 5.73 Å². The van der Waals surface area contributed by atoms with Crippen molar-refractivity contribution in [2.75, 3.05) is 12.4 Å². The van der Waals surface area contributed by atoms with Crippen LogP contribution >= 0.6 is 11.8 Å². The number of carboxylic acid groups (broad SMARTS) is 1. The van der Waals surface area contributed by atoms with Crippen LogP contribution in [-0.4, -0.2) is 61.8 Å². The molecule has 9 nitrogen and oxygen atoms in total. The number of thioether (sulfide) groups is 1. The van der Waals surface area contributed by atoms with Crippen molar-refractivity contribution in [2.45, 2.75) is 24.6 Å². The highest BCUT2D eigenvalue weighted by atomic mass is 32.2. The lowest BCUT2D eigenvalue weighted by Gasteiger charge is -2.49. The van der Waals surface area contributed by atoms with Gasteiger partial charge in [0.05, 0.1) is 13.2 Å². The summed E-state index contributed by atoms with van der Waals surface area (Å²) in [4.78, 5) is 37.6. The Hall–Kier alpha value is -2.40. The Labute approximate surface area is 158 Å². The van der Waals surface area contributed by atoms with Gasteiger partial charge in [0.1, 0.15) is 17.1 Å². The Morgan fingerprint density at radius 1 is 1.30 bits per heavy atom. The number of nitrogens with zero attached hydrogens (tertiary/aromatic N) is 1. The second kappa shape index (κ2) is 7.69. The predicted molar refractivity (Wildman–Crippen MR) is 96.4 cm³/mol. The molecule has 0 spiro atoms. The van der Waals surface area contributed by atoms with Crippen LogP contribution in [0.25, 0.3) is 0 Å². The minimum absolute atomic E-state index is 0.0886. The number of fused-ring (bicyclic) bond motifs is 1. The molecule has 2 atom stereocenters. The van der Waals surface area contributed by atoms with Crippen LogP contribution in [0.1, 0.15) is 21.5 Å². The Bertz CT molecular complexity index is 840. The molecule has 2 amide bonds. The fourth-order valence-electron chi connectivity index (χ4n) is 3.16. The van der Waals surface area contributed by atoms with E-state index in [1.807, 2.05) is 0 Å². The molecule has 2 aliphatic heterocycles. The van der Waals surface area contributed by atoms with E-state index in [2.05, 4.69) is 5.32 Å². The van der Waals surface area contributed by atoms with Gasteiger partial charge in [0.15, 0.2) is 0 Å². The Morgan fingerprint density at radius 3 is 2.63 bits per heavy atom. The van der Waals surface area contributed by atoms with Gasteiger partial charge in [0, 0.05) is 17.9 Å². The first-order valence-electron chi connectivity index (χ1n) is 8.17. The summed E-state index contributed by atoms with van der Waals surface area (Å²) in [5, 5.41) is 30.0. The van der Waals surface area contributed by atoms with E-state index in [-0.39, 0.29) is 30.2 Å². The summed E-state index contributed by atoms with van der Waals surface area (Å²) in [6.07, 6.45) is 0. The second-order valence-electron chi connectivity index (χ2n) is 6.13. The zero-order chi connectivity index (χ0) is 19.7. The molecule has 1 aromatic carbocycles. The van der Waals surface area contributed by atoms with Crippen LogP contribution in [-0.2, 0) is 22.7 Å². The van der Waals surface area contributed by atoms with E-state index < -0.39 is 35.8 Å². The van der Waals surface area contributed by atoms with Crippen molar-refractivity contribution in [1.82, 2.24) is 10.2 Å². The number of hydrogen-bond acceptors (Lipinski definition) is 7. The first kappa shape index (κ1) is 19.4. The largest absolute Gasteiger partial charge is 0.477 e. The van der Waals surface area contributed by atoms with Gasteiger partial charge >= 0.3 is 5.97 Å². The number of hydrogen-bond donors (Lipinski definition) is 5. The Morgan fingerprint density at radius 2 is 2.04 bits per heavy atom. The maximum Gasteiger partial charge on any atom is 0.352 e. The lowest BCUT2D eigenvalue weighted by Crippen LogP contribution is -2.70. The number of nitrogens with one attached hydrogen (secondary N) is 1. The van der Waals surface area contributed by atoms with Gasteiger partial charge in [-0.1, -0.05) is 12.1 Å². The van der Waals surface area contributed by atoms with Crippen LogP contribution in [0.4, 0.5) is 0 Å². The van der Waals surface area contributed by atoms with Crippen LogP contribution in [0, 0.1) is 0 Å². The van der Waals surface area contributed by atoms with Crippen molar-refractivity contribution >= 4 is 29.5 Å². The topological polar surface area (TPSA) is 153 Å². The van der Waals surface area contributed by atoms with Crippen molar-refractivity contribution in [3.8, 4) is 0 Å². The van der Waals surface area contributed by atoms with Crippen molar-refractivity contribution in [3.63, 3.8) is 0 Å². The average molecular weight is 393 g/mol. The van der Waals surface area contributed by atoms with E-state index in [0.29, 0.717) is 16.7 Å². The standard InChI is InChI=1S/C17H19N3O6S/c18-4-9-3-8(5-21)1-2-11(9)14(23)19-12-15(24)20-13(17(25)26)10(6-22)7-27-16(12)20/h1-3,12,16,21-22H,4-7,18H2,(H,19,23)(H,25,26)/t12-,16-/m0/s1. The van der Waals surface area contributed by atoms with Crippen molar-refractivity contribution in [3.05, 3.63) is 46.2 Å². The minimum atomic E-state index is -1.28. The molecular formula is C17H19N3O6S.